The minimum atomic E-state index is -0.959. The number of halogens is 2. The Labute approximate surface area is 114 Å². The molecule has 4 nitrogen and oxygen atoms in total. The Bertz CT molecular complexity index is 673. The van der Waals surface area contributed by atoms with E-state index in [1.807, 2.05) is 0 Å². The fourth-order valence-corrected chi connectivity index (χ4v) is 2.03. The van der Waals surface area contributed by atoms with Crippen LogP contribution in [-0.2, 0) is 0 Å². The van der Waals surface area contributed by atoms with Crippen LogP contribution in [0.1, 0.15) is 34.5 Å². The molecule has 1 atom stereocenters. The van der Waals surface area contributed by atoms with Gasteiger partial charge >= 0.3 is 0 Å². The van der Waals surface area contributed by atoms with Crippen LogP contribution in [0.5, 0.6) is 0 Å². The van der Waals surface area contributed by atoms with Crippen molar-refractivity contribution in [3.8, 4) is 0 Å². The Kier molecular flexibility index (Phi) is 3.65. The molecule has 1 unspecified atom stereocenters. The summed E-state index contributed by atoms with van der Waals surface area (Å²) in [7, 11) is 0. The molecular weight excluding hydrogens is 264 g/mol. The third-order valence-electron chi connectivity index (χ3n) is 3.11. The van der Waals surface area contributed by atoms with Crippen LogP contribution >= 0.6 is 0 Å². The van der Waals surface area contributed by atoms with Crippen molar-refractivity contribution >= 4 is 11.6 Å². The zero-order valence-electron chi connectivity index (χ0n) is 10.7. The van der Waals surface area contributed by atoms with Crippen molar-refractivity contribution in [2.75, 3.05) is 5.73 Å². The molecule has 0 aliphatic rings. The smallest absolute Gasteiger partial charge is 0.252 e. The first-order valence-corrected chi connectivity index (χ1v) is 5.91. The molecule has 1 aromatic heterocycles. The van der Waals surface area contributed by atoms with Crippen LogP contribution in [0.15, 0.2) is 30.5 Å². The Morgan fingerprint density at radius 1 is 1.25 bits per heavy atom. The molecular formula is C14H13F2N3O. The highest BCUT2D eigenvalue weighted by Crippen LogP contribution is 2.28. The van der Waals surface area contributed by atoms with Gasteiger partial charge in [0.1, 0.15) is 0 Å². The summed E-state index contributed by atoms with van der Waals surface area (Å²) < 4.78 is 26.2. The van der Waals surface area contributed by atoms with Crippen LogP contribution in [0.2, 0.25) is 0 Å². The van der Waals surface area contributed by atoms with E-state index in [1.165, 1.54) is 18.3 Å². The molecule has 0 bridgehead atoms. The number of benzene rings is 1. The monoisotopic (exact) mass is 277 g/mol. The molecule has 4 N–H and O–H groups in total. The molecule has 2 aromatic rings. The number of carbonyl (C=O) groups is 1. The summed E-state index contributed by atoms with van der Waals surface area (Å²) in [5.41, 5.74) is 12.1. The van der Waals surface area contributed by atoms with Gasteiger partial charge < -0.3 is 11.5 Å². The molecule has 0 aliphatic heterocycles. The van der Waals surface area contributed by atoms with Crippen LogP contribution in [0.25, 0.3) is 0 Å². The van der Waals surface area contributed by atoms with Gasteiger partial charge in [-0.25, -0.2) is 8.78 Å². The largest absolute Gasteiger partial charge is 0.398 e. The first-order valence-electron chi connectivity index (χ1n) is 5.91. The second-order valence-electron chi connectivity index (χ2n) is 4.42. The molecule has 6 heteroatoms. The standard InChI is InChI=1S/C14H13F2N3O/c1-7(8-2-3-9(15)10(16)6-8)13-12(14(18)20)11(17)4-5-19-13/h2-7H,1H3,(H2,17,19)(H2,18,20). The van der Waals surface area contributed by atoms with Crippen molar-refractivity contribution in [2.24, 2.45) is 5.73 Å². The van der Waals surface area contributed by atoms with Crippen LogP contribution in [0, 0.1) is 11.6 Å². The number of anilines is 1. The number of hydrogen-bond donors (Lipinski definition) is 2. The van der Waals surface area contributed by atoms with E-state index in [-0.39, 0.29) is 11.3 Å². The molecule has 0 saturated carbocycles. The molecule has 2 rings (SSSR count). The number of pyridine rings is 1. The second-order valence-corrected chi connectivity index (χ2v) is 4.42. The van der Waals surface area contributed by atoms with E-state index in [0.717, 1.165) is 12.1 Å². The average Bonchev–Trinajstić information content (AvgIpc) is 2.40. The molecule has 1 heterocycles. The molecule has 0 spiro atoms. The first kappa shape index (κ1) is 13.9. The first-order chi connectivity index (χ1) is 9.41. The lowest BCUT2D eigenvalue weighted by atomic mass is 9.93. The minimum absolute atomic E-state index is 0.102. The van der Waals surface area contributed by atoms with Gasteiger partial charge in [-0.15, -0.1) is 0 Å². The van der Waals surface area contributed by atoms with E-state index in [0.29, 0.717) is 11.3 Å². The van der Waals surface area contributed by atoms with Crippen LogP contribution < -0.4 is 11.5 Å². The maximum Gasteiger partial charge on any atom is 0.252 e. The molecule has 104 valence electrons. The molecule has 20 heavy (non-hydrogen) atoms. The predicted octanol–water partition coefficient (Wildman–Crippen LogP) is 2.19. The predicted molar refractivity (Wildman–Crippen MR) is 71.0 cm³/mol. The Balaban J connectivity index is 2.53. The summed E-state index contributed by atoms with van der Waals surface area (Å²) >= 11 is 0. The van der Waals surface area contributed by atoms with Crippen molar-refractivity contribution in [3.63, 3.8) is 0 Å². The Morgan fingerprint density at radius 2 is 1.95 bits per heavy atom. The maximum absolute atomic E-state index is 13.3. The van der Waals surface area contributed by atoms with E-state index >= 15 is 0 Å². The SMILES string of the molecule is CC(c1ccc(F)c(F)c1)c1nccc(N)c1C(N)=O. The number of nitrogens with zero attached hydrogens (tertiary/aromatic N) is 1. The van der Waals surface area contributed by atoms with Crippen molar-refractivity contribution in [1.29, 1.82) is 0 Å². The molecule has 0 saturated heterocycles. The highest BCUT2D eigenvalue weighted by Gasteiger charge is 2.20. The lowest BCUT2D eigenvalue weighted by Crippen LogP contribution is -2.19. The van der Waals surface area contributed by atoms with Crippen molar-refractivity contribution in [2.45, 2.75) is 12.8 Å². The summed E-state index contributed by atoms with van der Waals surface area (Å²) in [5.74, 6) is -3.05. The highest BCUT2D eigenvalue weighted by atomic mass is 19.2. The Hall–Kier alpha value is -2.50. The van der Waals surface area contributed by atoms with Gasteiger partial charge in [0.05, 0.1) is 11.3 Å². The number of rotatable bonds is 3. The summed E-state index contributed by atoms with van der Waals surface area (Å²) in [6.45, 7) is 1.71. The third-order valence-corrected chi connectivity index (χ3v) is 3.11. The summed E-state index contributed by atoms with van der Waals surface area (Å²) in [4.78, 5) is 15.6. The lowest BCUT2D eigenvalue weighted by Gasteiger charge is -2.15. The third kappa shape index (κ3) is 2.45. The highest BCUT2D eigenvalue weighted by molar-refractivity contribution is 5.99. The zero-order valence-corrected chi connectivity index (χ0v) is 10.7. The van der Waals surface area contributed by atoms with Crippen LogP contribution in [-0.4, -0.2) is 10.9 Å². The fraction of sp³-hybridized carbons (Fsp3) is 0.143. The number of nitrogen functional groups attached to an aromatic ring is 1. The van der Waals surface area contributed by atoms with Gasteiger partial charge in [0.25, 0.3) is 5.91 Å². The van der Waals surface area contributed by atoms with Crippen LogP contribution in [0.3, 0.4) is 0 Å². The van der Waals surface area contributed by atoms with Crippen LogP contribution in [0.4, 0.5) is 14.5 Å². The quantitative estimate of drug-likeness (QED) is 0.902. The molecule has 1 amide bonds. The van der Waals surface area contributed by atoms with Gasteiger partial charge in [-0.1, -0.05) is 13.0 Å². The van der Waals surface area contributed by atoms with Gasteiger partial charge in [-0.2, -0.15) is 0 Å². The topological polar surface area (TPSA) is 82.0 Å². The maximum atomic E-state index is 13.3. The van der Waals surface area contributed by atoms with Crippen molar-refractivity contribution < 1.29 is 13.6 Å². The van der Waals surface area contributed by atoms with Gasteiger partial charge in [-0.05, 0) is 23.8 Å². The number of amides is 1. The number of primary amides is 1. The fourth-order valence-electron chi connectivity index (χ4n) is 2.03. The molecule has 1 aromatic carbocycles. The zero-order chi connectivity index (χ0) is 14.9. The van der Waals surface area contributed by atoms with E-state index < -0.39 is 23.5 Å². The van der Waals surface area contributed by atoms with E-state index in [1.54, 1.807) is 6.92 Å². The van der Waals surface area contributed by atoms with E-state index in [4.69, 9.17) is 11.5 Å². The average molecular weight is 277 g/mol. The van der Waals surface area contributed by atoms with E-state index in [2.05, 4.69) is 4.98 Å². The summed E-state index contributed by atoms with van der Waals surface area (Å²) in [5, 5.41) is 0. The molecule has 0 radical (unpaired) electrons. The lowest BCUT2D eigenvalue weighted by molar-refractivity contribution is 0.0999. The number of nitrogens with two attached hydrogens (primary N) is 2. The van der Waals surface area contributed by atoms with Gasteiger partial charge in [0.2, 0.25) is 0 Å². The van der Waals surface area contributed by atoms with Gasteiger partial charge in [0, 0.05) is 17.8 Å². The number of hydrogen-bond acceptors (Lipinski definition) is 3. The van der Waals surface area contributed by atoms with Crippen molar-refractivity contribution in [1.82, 2.24) is 4.98 Å². The number of aromatic nitrogens is 1. The van der Waals surface area contributed by atoms with E-state index in [9.17, 15) is 13.6 Å². The molecule has 0 fully saturated rings. The minimum Gasteiger partial charge on any atom is -0.398 e. The Morgan fingerprint density at radius 3 is 2.55 bits per heavy atom. The molecule has 0 aliphatic carbocycles. The van der Waals surface area contributed by atoms with Gasteiger partial charge in [-0.3, -0.25) is 9.78 Å². The summed E-state index contributed by atoms with van der Waals surface area (Å²) in [6, 6.07) is 4.98. The summed E-state index contributed by atoms with van der Waals surface area (Å²) in [6.07, 6.45) is 1.44. The van der Waals surface area contributed by atoms with Gasteiger partial charge in [0.15, 0.2) is 11.6 Å². The van der Waals surface area contributed by atoms with Crippen molar-refractivity contribution in [3.05, 3.63) is 58.9 Å². The number of carbonyl (C=O) groups excluding carboxylic acids is 1. The normalized spacial score (nSPS) is 12.2. The second kappa shape index (κ2) is 5.24.